The fourth-order valence-corrected chi connectivity index (χ4v) is 8.37. The summed E-state index contributed by atoms with van der Waals surface area (Å²) in [5.41, 5.74) is 1.36. The Bertz CT molecular complexity index is 1740. The molecule has 3 aliphatic carbocycles. The van der Waals surface area contributed by atoms with Crippen LogP contribution >= 0.6 is 0 Å². The summed E-state index contributed by atoms with van der Waals surface area (Å²) in [4.78, 5) is 11.6. The van der Waals surface area contributed by atoms with E-state index in [1.807, 2.05) is 18.3 Å². The molecule has 0 saturated heterocycles. The van der Waals surface area contributed by atoms with Gasteiger partial charge in [-0.25, -0.2) is 4.98 Å². The molecule has 4 aromatic rings. The Labute approximate surface area is 303 Å². The van der Waals surface area contributed by atoms with Crippen molar-refractivity contribution in [2.45, 2.75) is 129 Å². The zero-order chi connectivity index (χ0) is 37.1. The second-order valence-electron chi connectivity index (χ2n) is 15.1. The molecule has 3 fully saturated rings. The Morgan fingerprint density at radius 1 is 0.827 bits per heavy atom. The number of aryl methyl sites for hydroxylation is 1. The molecule has 2 aromatic carbocycles. The molecule has 282 valence electrons. The van der Waals surface area contributed by atoms with Crippen molar-refractivity contribution in [2.24, 2.45) is 5.41 Å². The fourth-order valence-electron chi connectivity index (χ4n) is 8.37. The van der Waals surface area contributed by atoms with Crippen LogP contribution in [0, 0.1) is 5.41 Å². The van der Waals surface area contributed by atoms with E-state index in [1.54, 1.807) is 6.20 Å². The van der Waals surface area contributed by atoms with Crippen LogP contribution in [-0.2, 0) is 18.8 Å². The monoisotopic (exact) mass is 727 g/mol. The largest absolute Gasteiger partial charge is 0.416 e. The lowest BCUT2D eigenvalue weighted by Gasteiger charge is -2.57. The van der Waals surface area contributed by atoms with Crippen LogP contribution in [0.5, 0.6) is 0 Å². The van der Waals surface area contributed by atoms with Gasteiger partial charge in [0.2, 0.25) is 5.95 Å². The minimum atomic E-state index is -4.94. The van der Waals surface area contributed by atoms with Crippen LogP contribution in [0.3, 0.4) is 0 Å². The van der Waals surface area contributed by atoms with E-state index >= 15 is 0 Å². The molecule has 0 bridgehead atoms. The summed E-state index contributed by atoms with van der Waals surface area (Å²) in [5, 5.41) is 3.35. The molecule has 0 atom stereocenters. The fraction of sp³-hybridized carbons (Fsp3) is 0.561. The highest BCUT2D eigenvalue weighted by molar-refractivity contribution is 5.94. The number of alkyl halides is 6. The van der Waals surface area contributed by atoms with Crippen LogP contribution in [0.1, 0.15) is 121 Å². The number of halogens is 6. The van der Waals surface area contributed by atoms with Crippen molar-refractivity contribution in [1.82, 2.24) is 19.4 Å². The molecule has 3 saturated carbocycles. The van der Waals surface area contributed by atoms with Gasteiger partial charge in [-0.1, -0.05) is 70.7 Å². The molecule has 7 rings (SSSR count). The predicted octanol–water partition coefficient (Wildman–Crippen LogP) is 12.4. The summed E-state index contributed by atoms with van der Waals surface area (Å²) in [6, 6.07) is 10.7. The van der Waals surface area contributed by atoms with Gasteiger partial charge in [-0.15, -0.1) is 0 Å². The molecular formula is C41H51F6N5. The predicted molar refractivity (Wildman–Crippen MR) is 196 cm³/mol. The Kier molecular flexibility index (Phi) is 11.6. The van der Waals surface area contributed by atoms with E-state index in [0.29, 0.717) is 17.8 Å². The standard InChI is InChI=1S/C28H26F6N4.C13H25N/c1-2-17-8-10-18(11-9-17)24-16-38(22-6-4-3-5-7-22)25-23(24)15-35-26(37-25)36-21-13-19(27(29,30)31)12-20(14-21)28(32,33)34;1-3-8-14(9-4-2)12-10-13(11-12)6-5-7-13/h8-16,22H,2-7H2,1H3,(H,35,36,37);12H,3-11H2,1-2H3. The van der Waals surface area contributed by atoms with Gasteiger partial charge in [-0.2, -0.15) is 31.3 Å². The van der Waals surface area contributed by atoms with Gasteiger partial charge in [0.1, 0.15) is 5.65 Å². The number of anilines is 2. The van der Waals surface area contributed by atoms with E-state index < -0.39 is 29.2 Å². The summed E-state index contributed by atoms with van der Waals surface area (Å²) >= 11 is 0. The lowest BCUT2D eigenvalue weighted by Crippen LogP contribution is -2.54. The van der Waals surface area contributed by atoms with Gasteiger partial charge in [0, 0.05) is 41.1 Å². The van der Waals surface area contributed by atoms with Crippen LogP contribution in [0.25, 0.3) is 22.2 Å². The van der Waals surface area contributed by atoms with Gasteiger partial charge in [0.25, 0.3) is 0 Å². The normalized spacial score (nSPS) is 17.9. The Hall–Kier alpha value is -3.60. The van der Waals surface area contributed by atoms with Crippen LogP contribution in [0.2, 0.25) is 0 Å². The molecule has 52 heavy (non-hydrogen) atoms. The van der Waals surface area contributed by atoms with Gasteiger partial charge in [0.15, 0.2) is 0 Å². The van der Waals surface area contributed by atoms with Crippen molar-refractivity contribution in [1.29, 1.82) is 0 Å². The van der Waals surface area contributed by atoms with E-state index in [0.717, 1.165) is 66.5 Å². The van der Waals surface area contributed by atoms with Crippen molar-refractivity contribution in [3.63, 3.8) is 0 Å². The van der Waals surface area contributed by atoms with Crippen molar-refractivity contribution < 1.29 is 26.3 Å². The Morgan fingerprint density at radius 2 is 1.44 bits per heavy atom. The molecular weight excluding hydrogens is 676 g/mol. The average molecular weight is 728 g/mol. The smallest absolute Gasteiger partial charge is 0.329 e. The summed E-state index contributed by atoms with van der Waals surface area (Å²) < 4.78 is 82.0. The highest BCUT2D eigenvalue weighted by atomic mass is 19.4. The molecule has 1 spiro atoms. The number of hydrogen-bond acceptors (Lipinski definition) is 4. The number of benzene rings is 2. The third kappa shape index (κ3) is 8.61. The number of nitrogens with zero attached hydrogens (tertiary/aromatic N) is 4. The number of fused-ring (bicyclic) bond motifs is 1. The zero-order valence-electron chi connectivity index (χ0n) is 30.5. The molecule has 2 aromatic heterocycles. The highest BCUT2D eigenvalue weighted by Gasteiger charge is 2.49. The molecule has 5 nitrogen and oxygen atoms in total. The number of rotatable bonds is 10. The molecule has 2 heterocycles. The van der Waals surface area contributed by atoms with Gasteiger partial charge < -0.3 is 14.8 Å². The number of hydrogen-bond donors (Lipinski definition) is 1. The molecule has 1 N–H and O–H groups in total. The van der Waals surface area contributed by atoms with Gasteiger partial charge in [-0.3, -0.25) is 0 Å². The first-order valence-electron chi connectivity index (χ1n) is 19.1. The topological polar surface area (TPSA) is 46.0 Å². The number of nitrogens with one attached hydrogen (secondary N) is 1. The minimum absolute atomic E-state index is 0.0759. The van der Waals surface area contributed by atoms with E-state index in [2.05, 4.69) is 57.7 Å². The van der Waals surface area contributed by atoms with Crippen LogP contribution < -0.4 is 5.32 Å². The first kappa shape index (κ1) is 38.1. The first-order chi connectivity index (χ1) is 24.8. The quantitative estimate of drug-likeness (QED) is 0.165. The van der Waals surface area contributed by atoms with Gasteiger partial charge in [0.05, 0.1) is 11.1 Å². The van der Waals surface area contributed by atoms with Crippen molar-refractivity contribution >= 4 is 22.7 Å². The molecule has 3 aliphatic rings. The van der Waals surface area contributed by atoms with Gasteiger partial charge in [-0.05, 0) is 106 Å². The molecule has 0 unspecified atom stereocenters. The van der Waals surface area contributed by atoms with Crippen molar-refractivity contribution in [3.05, 3.63) is 71.5 Å². The third-order valence-corrected chi connectivity index (χ3v) is 11.3. The first-order valence-corrected chi connectivity index (χ1v) is 19.1. The zero-order valence-corrected chi connectivity index (χ0v) is 30.5. The maximum Gasteiger partial charge on any atom is 0.416 e. The van der Waals surface area contributed by atoms with E-state index in [9.17, 15) is 26.3 Å². The molecule has 0 amide bonds. The van der Waals surface area contributed by atoms with Gasteiger partial charge >= 0.3 is 12.4 Å². The van der Waals surface area contributed by atoms with E-state index in [4.69, 9.17) is 0 Å². The summed E-state index contributed by atoms with van der Waals surface area (Å²) in [6.45, 7) is 9.35. The maximum atomic E-state index is 13.3. The average Bonchev–Trinajstić information content (AvgIpc) is 3.46. The Morgan fingerprint density at radius 3 is 1.96 bits per heavy atom. The molecule has 0 aliphatic heterocycles. The molecule has 0 radical (unpaired) electrons. The summed E-state index contributed by atoms with van der Waals surface area (Å²) in [6.07, 6.45) is 10.1. The second kappa shape index (κ2) is 15.8. The van der Waals surface area contributed by atoms with E-state index in [-0.39, 0.29) is 18.1 Å². The SMILES string of the molecule is CCCN(CCC)C1CC2(CCC2)C1.CCc1ccc(-c2cn(C3CCCCC3)c3nc(Nc4cc(C(F)(F)F)cc(C(F)(F)F)c4)ncc23)cc1. The number of aromatic nitrogens is 3. The summed E-state index contributed by atoms with van der Waals surface area (Å²) in [5.74, 6) is -0.0759. The van der Waals surface area contributed by atoms with Crippen molar-refractivity contribution in [3.8, 4) is 11.1 Å². The third-order valence-electron chi connectivity index (χ3n) is 11.3. The maximum absolute atomic E-state index is 13.3. The van der Waals surface area contributed by atoms with Crippen LogP contribution in [-0.4, -0.2) is 38.6 Å². The van der Waals surface area contributed by atoms with Crippen molar-refractivity contribution in [2.75, 3.05) is 18.4 Å². The molecule has 11 heteroatoms. The second-order valence-corrected chi connectivity index (χ2v) is 15.1. The lowest BCUT2D eigenvalue weighted by atomic mass is 9.54. The van der Waals surface area contributed by atoms with E-state index in [1.165, 1.54) is 63.6 Å². The minimum Gasteiger partial charge on any atom is -0.329 e. The summed E-state index contributed by atoms with van der Waals surface area (Å²) in [7, 11) is 0. The Balaban J connectivity index is 0.000000276. The van der Waals surface area contributed by atoms with Crippen LogP contribution in [0.15, 0.2) is 54.9 Å². The lowest BCUT2D eigenvalue weighted by molar-refractivity contribution is -0.143. The highest BCUT2D eigenvalue weighted by Crippen LogP contribution is 2.57. The van der Waals surface area contributed by atoms with Crippen LogP contribution in [0.4, 0.5) is 38.0 Å².